The van der Waals surface area contributed by atoms with Crippen LogP contribution in [0, 0.1) is 29.5 Å². The Hall–Kier alpha value is -2.70. The molecule has 30 heavy (non-hydrogen) atoms. The summed E-state index contributed by atoms with van der Waals surface area (Å²) in [5.41, 5.74) is 0.947. The van der Waals surface area contributed by atoms with Crippen molar-refractivity contribution in [3.63, 3.8) is 0 Å². The first-order chi connectivity index (χ1) is 14.5. The molecule has 2 heterocycles. The number of halogens is 1. The van der Waals surface area contributed by atoms with Crippen molar-refractivity contribution in [2.75, 3.05) is 37.6 Å². The fourth-order valence-electron chi connectivity index (χ4n) is 5.59. The fourth-order valence-corrected chi connectivity index (χ4v) is 5.59. The van der Waals surface area contributed by atoms with Gasteiger partial charge in [0.05, 0.1) is 11.8 Å². The summed E-state index contributed by atoms with van der Waals surface area (Å²) in [4.78, 5) is 43.7. The van der Waals surface area contributed by atoms with Gasteiger partial charge >= 0.3 is 0 Å². The molecule has 158 valence electrons. The predicted octanol–water partition coefficient (Wildman–Crippen LogP) is 2.06. The highest BCUT2D eigenvalue weighted by molar-refractivity contribution is 6.06. The highest BCUT2D eigenvalue weighted by Gasteiger charge is 2.56. The van der Waals surface area contributed by atoms with Gasteiger partial charge in [0.1, 0.15) is 5.82 Å². The van der Waals surface area contributed by atoms with E-state index in [0.717, 1.165) is 18.5 Å². The second kappa shape index (κ2) is 7.52. The van der Waals surface area contributed by atoms with E-state index in [4.69, 9.17) is 0 Å². The lowest BCUT2D eigenvalue weighted by atomic mass is 9.63. The van der Waals surface area contributed by atoms with Crippen LogP contribution < -0.4 is 4.90 Å². The zero-order valence-electron chi connectivity index (χ0n) is 16.9. The third kappa shape index (κ3) is 3.20. The van der Waals surface area contributed by atoms with Gasteiger partial charge in [-0.15, -0.1) is 0 Å². The van der Waals surface area contributed by atoms with E-state index in [9.17, 15) is 18.8 Å². The quantitative estimate of drug-likeness (QED) is 0.562. The third-order valence-electron chi connectivity index (χ3n) is 7.22. The van der Waals surface area contributed by atoms with Gasteiger partial charge in [-0.05, 0) is 48.9 Å². The second-order valence-corrected chi connectivity index (χ2v) is 8.76. The van der Waals surface area contributed by atoms with Crippen LogP contribution in [-0.4, -0.2) is 60.2 Å². The molecule has 2 saturated heterocycles. The van der Waals surface area contributed by atoms with Crippen molar-refractivity contribution in [2.24, 2.45) is 23.7 Å². The van der Waals surface area contributed by atoms with E-state index in [0.29, 0.717) is 26.2 Å². The molecule has 1 aromatic rings. The molecule has 0 aromatic heterocycles. The van der Waals surface area contributed by atoms with E-state index < -0.39 is 0 Å². The number of hydrogen-bond acceptors (Lipinski definition) is 4. The van der Waals surface area contributed by atoms with Crippen molar-refractivity contribution in [3.05, 3.63) is 42.2 Å². The van der Waals surface area contributed by atoms with Gasteiger partial charge in [0.25, 0.3) is 0 Å². The van der Waals surface area contributed by atoms with Crippen molar-refractivity contribution < 1.29 is 18.8 Å². The lowest BCUT2D eigenvalue weighted by Crippen LogP contribution is -2.49. The number of amides is 3. The van der Waals surface area contributed by atoms with Crippen molar-refractivity contribution in [3.8, 4) is 0 Å². The molecule has 0 spiro atoms. The number of carbonyl (C=O) groups is 3. The van der Waals surface area contributed by atoms with Crippen LogP contribution in [0.25, 0.3) is 0 Å². The fraction of sp³-hybridized carbons (Fsp3) is 0.522. The van der Waals surface area contributed by atoms with Crippen molar-refractivity contribution >= 4 is 23.4 Å². The number of hydrogen-bond donors (Lipinski definition) is 0. The Morgan fingerprint density at radius 2 is 1.47 bits per heavy atom. The summed E-state index contributed by atoms with van der Waals surface area (Å²) >= 11 is 0. The highest BCUT2D eigenvalue weighted by Crippen LogP contribution is 2.49. The number of imide groups is 1. The van der Waals surface area contributed by atoms with Crippen LogP contribution in [0.2, 0.25) is 0 Å². The second-order valence-electron chi connectivity index (χ2n) is 8.76. The molecule has 4 atom stereocenters. The monoisotopic (exact) mass is 411 g/mol. The van der Waals surface area contributed by atoms with E-state index in [-0.39, 0.29) is 60.2 Å². The summed E-state index contributed by atoms with van der Waals surface area (Å²) in [5.74, 6) is -0.525. The Morgan fingerprint density at radius 1 is 0.900 bits per heavy atom. The Kier molecular flexibility index (Phi) is 4.83. The molecule has 0 N–H and O–H groups in total. The summed E-state index contributed by atoms with van der Waals surface area (Å²) in [6.45, 7) is 2.70. The van der Waals surface area contributed by atoms with Crippen LogP contribution in [0.3, 0.4) is 0 Å². The van der Waals surface area contributed by atoms with Crippen LogP contribution in [0.15, 0.2) is 36.4 Å². The average molecular weight is 411 g/mol. The third-order valence-corrected chi connectivity index (χ3v) is 7.22. The number of nitrogens with zero attached hydrogens (tertiary/aromatic N) is 3. The minimum absolute atomic E-state index is 0.0228. The van der Waals surface area contributed by atoms with Gasteiger partial charge in [0.2, 0.25) is 17.7 Å². The minimum Gasteiger partial charge on any atom is -0.368 e. The molecule has 0 radical (unpaired) electrons. The molecule has 6 nitrogen and oxygen atoms in total. The van der Waals surface area contributed by atoms with E-state index in [1.54, 1.807) is 17.0 Å². The van der Waals surface area contributed by atoms with Crippen LogP contribution in [0.5, 0.6) is 0 Å². The van der Waals surface area contributed by atoms with Crippen molar-refractivity contribution in [2.45, 2.75) is 19.3 Å². The molecule has 3 fully saturated rings. The number of carbonyl (C=O) groups excluding carboxylic acids is 3. The number of benzene rings is 1. The molecule has 2 aliphatic heterocycles. The number of likely N-dealkylation sites (tertiary alicyclic amines) is 1. The SMILES string of the molecule is O=C(CCN1C(=O)[C@@H]2[C@@H](C1=O)[C@H]1C=C[C@H]2CC1)N1CCN(c2ccc(F)cc2)CC1. The van der Waals surface area contributed by atoms with Crippen LogP contribution >= 0.6 is 0 Å². The van der Waals surface area contributed by atoms with Crippen molar-refractivity contribution in [1.29, 1.82) is 0 Å². The first-order valence-corrected chi connectivity index (χ1v) is 10.8. The molecule has 2 bridgehead atoms. The first-order valence-electron chi connectivity index (χ1n) is 10.8. The molecule has 6 rings (SSSR count). The van der Waals surface area contributed by atoms with Gasteiger partial charge < -0.3 is 9.80 Å². The van der Waals surface area contributed by atoms with Gasteiger partial charge in [0, 0.05) is 44.8 Å². The molecular weight excluding hydrogens is 385 g/mol. The number of rotatable bonds is 4. The lowest BCUT2D eigenvalue weighted by Gasteiger charge is -2.38. The molecule has 7 heteroatoms. The van der Waals surface area contributed by atoms with E-state index in [1.807, 2.05) is 0 Å². The molecule has 3 amide bonds. The maximum absolute atomic E-state index is 13.1. The van der Waals surface area contributed by atoms with Crippen molar-refractivity contribution in [1.82, 2.24) is 9.80 Å². The summed E-state index contributed by atoms with van der Waals surface area (Å²) in [6.07, 6.45) is 6.35. The zero-order chi connectivity index (χ0) is 20.8. The molecule has 1 saturated carbocycles. The maximum Gasteiger partial charge on any atom is 0.233 e. The average Bonchev–Trinajstić information content (AvgIpc) is 3.05. The minimum atomic E-state index is -0.262. The van der Waals surface area contributed by atoms with Gasteiger partial charge in [-0.1, -0.05) is 12.2 Å². The van der Waals surface area contributed by atoms with Gasteiger partial charge in [-0.3, -0.25) is 19.3 Å². The molecule has 5 aliphatic rings. The van der Waals surface area contributed by atoms with Gasteiger partial charge in [0.15, 0.2) is 0 Å². The Morgan fingerprint density at radius 3 is 2.00 bits per heavy atom. The van der Waals surface area contributed by atoms with E-state index in [1.165, 1.54) is 17.0 Å². The standard InChI is InChI=1S/C23H26FN3O3/c24-17-5-7-18(8-6-17)25-11-13-26(14-12-25)19(28)9-10-27-22(29)20-15-1-2-16(4-3-15)21(20)23(27)30/h1-2,5-8,15-16,20-21H,3-4,9-14H2/t15-,16-,20-,21-/m0/s1. The van der Waals surface area contributed by atoms with E-state index >= 15 is 0 Å². The smallest absolute Gasteiger partial charge is 0.233 e. The number of piperazine rings is 1. The van der Waals surface area contributed by atoms with Crippen LogP contribution in [0.1, 0.15) is 19.3 Å². The number of allylic oxidation sites excluding steroid dienone is 2. The van der Waals surface area contributed by atoms with Crippen LogP contribution in [0.4, 0.5) is 10.1 Å². The Balaban J connectivity index is 1.15. The molecular formula is C23H26FN3O3. The number of fused-ring (bicyclic) bond motifs is 1. The van der Waals surface area contributed by atoms with Crippen LogP contribution in [-0.2, 0) is 14.4 Å². The Bertz CT molecular complexity index is 859. The summed E-state index contributed by atoms with van der Waals surface area (Å²) in [5, 5.41) is 0. The largest absolute Gasteiger partial charge is 0.368 e. The molecule has 1 aromatic carbocycles. The summed E-state index contributed by atoms with van der Waals surface area (Å²) in [6, 6.07) is 6.38. The topological polar surface area (TPSA) is 60.9 Å². The zero-order valence-corrected chi connectivity index (χ0v) is 16.9. The first kappa shape index (κ1) is 19.3. The van der Waals surface area contributed by atoms with Gasteiger partial charge in [-0.2, -0.15) is 0 Å². The molecule has 3 aliphatic carbocycles. The predicted molar refractivity (Wildman–Crippen MR) is 109 cm³/mol. The lowest BCUT2D eigenvalue weighted by molar-refractivity contribution is -0.141. The Labute approximate surface area is 175 Å². The highest BCUT2D eigenvalue weighted by atomic mass is 19.1. The molecule has 0 unspecified atom stereocenters. The maximum atomic E-state index is 13.1. The summed E-state index contributed by atoms with van der Waals surface area (Å²) in [7, 11) is 0. The summed E-state index contributed by atoms with van der Waals surface area (Å²) < 4.78 is 13.1. The van der Waals surface area contributed by atoms with Gasteiger partial charge in [-0.25, -0.2) is 4.39 Å². The normalized spacial score (nSPS) is 30.2. The number of anilines is 1. The van der Waals surface area contributed by atoms with E-state index in [2.05, 4.69) is 17.1 Å².